The Morgan fingerprint density at radius 1 is 1.62 bits per heavy atom. The summed E-state index contributed by atoms with van der Waals surface area (Å²) in [5.41, 5.74) is 6.67. The number of nitrogens with zero attached hydrogens (tertiary/aromatic N) is 1. The van der Waals surface area contributed by atoms with E-state index >= 15 is 0 Å². The molecule has 0 aliphatic heterocycles. The fourth-order valence-corrected chi connectivity index (χ4v) is 1.67. The maximum absolute atomic E-state index is 11.9. The monoisotopic (exact) mass is 223 g/mol. The van der Waals surface area contributed by atoms with E-state index < -0.39 is 0 Å². The van der Waals surface area contributed by atoms with Crippen LogP contribution < -0.4 is 5.73 Å². The Hall–Kier alpha value is -1.29. The highest BCUT2D eigenvalue weighted by molar-refractivity contribution is 5.78. The summed E-state index contributed by atoms with van der Waals surface area (Å²) in [4.78, 5) is 16.6. The molecule has 1 aromatic rings. The lowest BCUT2D eigenvalue weighted by Gasteiger charge is -2.20. The van der Waals surface area contributed by atoms with Crippen molar-refractivity contribution < 1.29 is 4.79 Å². The molecule has 1 heterocycles. The molecule has 4 heteroatoms. The summed E-state index contributed by atoms with van der Waals surface area (Å²) in [6.45, 7) is 3.26. The van der Waals surface area contributed by atoms with Gasteiger partial charge in [0.1, 0.15) is 0 Å². The van der Waals surface area contributed by atoms with Gasteiger partial charge in [-0.1, -0.05) is 6.92 Å². The molecule has 1 rings (SSSR count). The van der Waals surface area contributed by atoms with Gasteiger partial charge in [0.15, 0.2) is 0 Å². The molecule has 90 valence electrons. The number of H-pyrrole nitrogens is 1. The van der Waals surface area contributed by atoms with Gasteiger partial charge in [-0.05, 0) is 31.0 Å². The molecule has 0 aromatic carbocycles. The predicted molar refractivity (Wildman–Crippen MR) is 65.0 cm³/mol. The lowest BCUT2D eigenvalue weighted by atomic mass is 10.1. The van der Waals surface area contributed by atoms with Crippen molar-refractivity contribution in [2.24, 2.45) is 11.7 Å². The average Bonchev–Trinajstić information content (AvgIpc) is 2.78. The summed E-state index contributed by atoms with van der Waals surface area (Å²) < 4.78 is 0. The number of hydrogen-bond donors (Lipinski definition) is 2. The second kappa shape index (κ2) is 6.33. The SMILES string of the molecule is CC(CCN)C(=O)N(C)CCc1cc[nH]c1. The van der Waals surface area contributed by atoms with Gasteiger partial charge < -0.3 is 15.6 Å². The van der Waals surface area contributed by atoms with Crippen LogP contribution >= 0.6 is 0 Å². The Balaban J connectivity index is 2.34. The van der Waals surface area contributed by atoms with Crippen molar-refractivity contribution in [1.82, 2.24) is 9.88 Å². The highest BCUT2D eigenvalue weighted by atomic mass is 16.2. The van der Waals surface area contributed by atoms with Crippen molar-refractivity contribution in [1.29, 1.82) is 0 Å². The molecule has 0 saturated heterocycles. The van der Waals surface area contributed by atoms with E-state index in [1.165, 1.54) is 5.56 Å². The van der Waals surface area contributed by atoms with Gasteiger partial charge in [-0.15, -0.1) is 0 Å². The molecule has 0 bridgehead atoms. The number of amides is 1. The summed E-state index contributed by atoms with van der Waals surface area (Å²) in [7, 11) is 1.85. The van der Waals surface area contributed by atoms with Crippen molar-refractivity contribution >= 4 is 5.91 Å². The summed E-state index contributed by atoms with van der Waals surface area (Å²) in [6, 6.07) is 2.03. The molecule has 0 spiro atoms. The van der Waals surface area contributed by atoms with Crippen LogP contribution in [0, 0.1) is 5.92 Å². The molecule has 0 radical (unpaired) electrons. The summed E-state index contributed by atoms with van der Waals surface area (Å²) in [6.07, 6.45) is 5.50. The van der Waals surface area contributed by atoms with Gasteiger partial charge >= 0.3 is 0 Å². The number of hydrogen-bond acceptors (Lipinski definition) is 2. The Morgan fingerprint density at radius 2 is 2.38 bits per heavy atom. The quantitative estimate of drug-likeness (QED) is 0.755. The molecule has 1 atom stereocenters. The van der Waals surface area contributed by atoms with Gasteiger partial charge in [0.2, 0.25) is 5.91 Å². The van der Waals surface area contributed by atoms with Crippen molar-refractivity contribution in [3.63, 3.8) is 0 Å². The summed E-state index contributed by atoms with van der Waals surface area (Å²) in [5, 5.41) is 0. The second-order valence-electron chi connectivity index (χ2n) is 4.21. The molecule has 4 nitrogen and oxygen atoms in total. The Labute approximate surface area is 96.8 Å². The maximum Gasteiger partial charge on any atom is 0.225 e. The largest absolute Gasteiger partial charge is 0.367 e. The van der Waals surface area contributed by atoms with Crippen LogP contribution in [0.1, 0.15) is 18.9 Å². The van der Waals surface area contributed by atoms with Crippen LogP contribution in [0.2, 0.25) is 0 Å². The number of aromatic nitrogens is 1. The van der Waals surface area contributed by atoms with Crippen LogP contribution in [-0.2, 0) is 11.2 Å². The van der Waals surface area contributed by atoms with E-state index in [-0.39, 0.29) is 11.8 Å². The lowest BCUT2D eigenvalue weighted by molar-refractivity contribution is -0.133. The van der Waals surface area contributed by atoms with Crippen molar-refractivity contribution in [3.05, 3.63) is 24.0 Å². The van der Waals surface area contributed by atoms with Gasteiger partial charge in [-0.25, -0.2) is 0 Å². The number of aromatic amines is 1. The van der Waals surface area contributed by atoms with Crippen LogP contribution in [0.5, 0.6) is 0 Å². The first-order valence-corrected chi connectivity index (χ1v) is 5.72. The second-order valence-corrected chi connectivity index (χ2v) is 4.21. The third-order valence-electron chi connectivity index (χ3n) is 2.80. The number of nitrogens with one attached hydrogen (secondary N) is 1. The Morgan fingerprint density at radius 3 is 2.94 bits per heavy atom. The van der Waals surface area contributed by atoms with E-state index in [4.69, 9.17) is 5.73 Å². The topological polar surface area (TPSA) is 62.1 Å². The molecule has 16 heavy (non-hydrogen) atoms. The summed E-state index contributed by atoms with van der Waals surface area (Å²) in [5.74, 6) is 0.210. The smallest absolute Gasteiger partial charge is 0.225 e. The minimum Gasteiger partial charge on any atom is -0.367 e. The number of carbonyl (C=O) groups excluding carboxylic acids is 1. The molecule has 0 aliphatic rings. The minimum absolute atomic E-state index is 0.0289. The average molecular weight is 223 g/mol. The normalized spacial score (nSPS) is 12.4. The highest BCUT2D eigenvalue weighted by Crippen LogP contribution is 2.06. The van der Waals surface area contributed by atoms with E-state index in [1.807, 2.05) is 32.4 Å². The van der Waals surface area contributed by atoms with Gasteiger partial charge in [-0.2, -0.15) is 0 Å². The van der Waals surface area contributed by atoms with E-state index in [0.717, 1.165) is 19.4 Å². The first-order valence-electron chi connectivity index (χ1n) is 5.72. The number of rotatable bonds is 6. The third-order valence-corrected chi connectivity index (χ3v) is 2.80. The molecule has 3 N–H and O–H groups in total. The molecule has 0 saturated carbocycles. The molecular formula is C12H21N3O. The summed E-state index contributed by atoms with van der Waals surface area (Å²) >= 11 is 0. The van der Waals surface area contributed by atoms with Gasteiger partial charge in [0.05, 0.1) is 0 Å². The Kier molecular flexibility index (Phi) is 5.05. The molecule has 0 fully saturated rings. The molecule has 1 aromatic heterocycles. The van der Waals surface area contributed by atoms with E-state index in [0.29, 0.717) is 6.54 Å². The molecule has 0 aliphatic carbocycles. The minimum atomic E-state index is 0.0289. The van der Waals surface area contributed by atoms with Gasteiger partial charge in [0, 0.05) is 31.9 Å². The lowest BCUT2D eigenvalue weighted by Crippen LogP contribution is -2.34. The van der Waals surface area contributed by atoms with E-state index in [2.05, 4.69) is 4.98 Å². The van der Waals surface area contributed by atoms with Crippen LogP contribution in [0.15, 0.2) is 18.5 Å². The van der Waals surface area contributed by atoms with Crippen LogP contribution in [0.25, 0.3) is 0 Å². The number of nitrogens with two attached hydrogens (primary N) is 1. The maximum atomic E-state index is 11.9. The van der Waals surface area contributed by atoms with Crippen LogP contribution in [-0.4, -0.2) is 35.9 Å². The van der Waals surface area contributed by atoms with Crippen molar-refractivity contribution in [3.8, 4) is 0 Å². The molecular weight excluding hydrogens is 202 g/mol. The van der Waals surface area contributed by atoms with E-state index in [9.17, 15) is 4.79 Å². The Bertz CT molecular complexity index is 308. The third kappa shape index (κ3) is 3.70. The van der Waals surface area contributed by atoms with Crippen LogP contribution in [0.4, 0.5) is 0 Å². The standard InChI is InChI=1S/C12H21N3O/c1-10(3-6-13)12(16)15(2)8-5-11-4-7-14-9-11/h4,7,9-10,14H,3,5-6,8,13H2,1-2H3. The predicted octanol–water partition coefficient (Wildman–Crippen LogP) is 1.00. The zero-order valence-corrected chi connectivity index (χ0v) is 10.1. The first kappa shape index (κ1) is 12.8. The zero-order chi connectivity index (χ0) is 12.0. The van der Waals surface area contributed by atoms with E-state index in [1.54, 1.807) is 4.90 Å². The fourth-order valence-electron chi connectivity index (χ4n) is 1.67. The van der Waals surface area contributed by atoms with Crippen molar-refractivity contribution in [2.45, 2.75) is 19.8 Å². The van der Waals surface area contributed by atoms with Crippen LogP contribution in [0.3, 0.4) is 0 Å². The molecule has 1 unspecified atom stereocenters. The molecule has 1 amide bonds. The van der Waals surface area contributed by atoms with Gasteiger partial charge in [0.25, 0.3) is 0 Å². The van der Waals surface area contributed by atoms with Crippen molar-refractivity contribution in [2.75, 3.05) is 20.1 Å². The first-order chi connectivity index (χ1) is 7.65. The fraction of sp³-hybridized carbons (Fsp3) is 0.583. The zero-order valence-electron chi connectivity index (χ0n) is 10.1. The highest BCUT2D eigenvalue weighted by Gasteiger charge is 2.16. The van der Waals surface area contributed by atoms with Gasteiger partial charge in [-0.3, -0.25) is 4.79 Å². The number of carbonyl (C=O) groups is 1. The number of likely N-dealkylation sites (N-methyl/N-ethyl adjacent to an activating group) is 1.